The molecule has 2 saturated carbocycles. The Hall–Kier alpha value is -1.71. The van der Waals surface area contributed by atoms with Gasteiger partial charge in [-0.2, -0.15) is 0 Å². The van der Waals surface area contributed by atoms with Crippen LogP contribution in [-0.2, 0) is 4.79 Å². The summed E-state index contributed by atoms with van der Waals surface area (Å²) in [5, 5.41) is 3.15. The molecule has 0 aromatic heterocycles. The molecule has 2 aliphatic rings. The number of ether oxygens (including phenoxy) is 2. The Bertz CT molecular complexity index is 560. The number of carbonyl (C=O) groups is 1. The van der Waals surface area contributed by atoms with Crippen molar-refractivity contribution in [1.82, 2.24) is 5.32 Å². The summed E-state index contributed by atoms with van der Waals surface area (Å²) in [6.07, 6.45) is 9.44. The SMILES string of the molecule is COc1cc([C@H](C)NC(=O)C2CCCC2)ccc1OC1CCCC1. The van der Waals surface area contributed by atoms with E-state index in [4.69, 9.17) is 9.47 Å². The molecule has 1 aromatic carbocycles. The van der Waals surface area contributed by atoms with Crippen molar-refractivity contribution in [1.29, 1.82) is 0 Å². The molecule has 0 unspecified atom stereocenters. The zero-order valence-corrected chi connectivity index (χ0v) is 14.8. The van der Waals surface area contributed by atoms with Crippen molar-refractivity contribution in [2.24, 2.45) is 5.92 Å². The maximum absolute atomic E-state index is 12.3. The van der Waals surface area contributed by atoms with E-state index >= 15 is 0 Å². The van der Waals surface area contributed by atoms with Gasteiger partial charge in [-0.25, -0.2) is 0 Å². The van der Waals surface area contributed by atoms with Crippen molar-refractivity contribution < 1.29 is 14.3 Å². The average molecular weight is 331 g/mol. The number of benzene rings is 1. The van der Waals surface area contributed by atoms with Crippen LogP contribution in [0.25, 0.3) is 0 Å². The van der Waals surface area contributed by atoms with E-state index in [9.17, 15) is 4.79 Å². The number of hydrogen-bond acceptors (Lipinski definition) is 3. The molecule has 0 heterocycles. The zero-order chi connectivity index (χ0) is 16.9. The minimum atomic E-state index is -0.0208. The van der Waals surface area contributed by atoms with Crippen LogP contribution in [0, 0.1) is 5.92 Å². The van der Waals surface area contributed by atoms with Crippen LogP contribution in [0.5, 0.6) is 11.5 Å². The molecule has 0 radical (unpaired) electrons. The van der Waals surface area contributed by atoms with Crippen molar-refractivity contribution >= 4 is 5.91 Å². The van der Waals surface area contributed by atoms with Crippen LogP contribution in [0.15, 0.2) is 18.2 Å². The topological polar surface area (TPSA) is 47.6 Å². The van der Waals surface area contributed by atoms with Crippen LogP contribution in [0.3, 0.4) is 0 Å². The highest BCUT2D eigenvalue weighted by Crippen LogP contribution is 2.34. The number of amides is 1. The molecule has 24 heavy (non-hydrogen) atoms. The van der Waals surface area contributed by atoms with Crippen molar-refractivity contribution in [2.45, 2.75) is 70.4 Å². The first-order valence-corrected chi connectivity index (χ1v) is 9.32. The van der Waals surface area contributed by atoms with Crippen LogP contribution in [0.1, 0.15) is 69.9 Å². The first-order valence-electron chi connectivity index (χ1n) is 9.32. The molecule has 3 rings (SSSR count). The Kier molecular flexibility index (Phi) is 5.64. The largest absolute Gasteiger partial charge is 0.493 e. The normalized spacial score (nSPS) is 20.1. The Morgan fingerprint density at radius 3 is 2.42 bits per heavy atom. The molecule has 1 aromatic rings. The summed E-state index contributed by atoms with van der Waals surface area (Å²) < 4.78 is 11.6. The summed E-state index contributed by atoms with van der Waals surface area (Å²) in [5.41, 5.74) is 1.05. The van der Waals surface area contributed by atoms with Crippen molar-refractivity contribution in [3.8, 4) is 11.5 Å². The molecule has 1 N–H and O–H groups in total. The van der Waals surface area contributed by atoms with Gasteiger partial charge in [0.15, 0.2) is 11.5 Å². The summed E-state index contributed by atoms with van der Waals surface area (Å²) in [6, 6.07) is 5.98. The van der Waals surface area contributed by atoms with E-state index in [1.807, 2.05) is 25.1 Å². The minimum Gasteiger partial charge on any atom is -0.493 e. The summed E-state index contributed by atoms with van der Waals surface area (Å²) in [5.74, 6) is 1.94. The zero-order valence-electron chi connectivity index (χ0n) is 14.8. The van der Waals surface area contributed by atoms with Crippen LogP contribution < -0.4 is 14.8 Å². The number of carbonyl (C=O) groups excluding carboxylic acids is 1. The van der Waals surface area contributed by atoms with Gasteiger partial charge in [-0.15, -0.1) is 0 Å². The van der Waals surface area contributed by atoms with E-state index in [0.717, 1.165) is 42.7 Å². The number of nitrogens with one attached hydrogen (secondary N) is 1. The van der Waals surface area contributed by atoms with E-state index < -0.39 is 0 Å². The molecule has 0 saturated heterocycles. The number of rotatable bonds is 6. The molecule has 1 amide bonds. The molecular weight excluding hydrogens is 302 g/mol. The third kappa shape index (κ3) is 4.03. The van der Waals surface area contributed by atoms with E-state index in [1.54, 1.807) is 7.11 Å². The second kappa shape index (κ2) is 7.91. The molecule has 0 aliphatic heterocycles. The van der Waals surface area contributed by atoms with Crippen LogP contribution in [0.2, 0.25) is 0 Å². The van der Waals surface area contributed by atoms with Gasteiger partial charge in [0.1, 0.15) is 0 Å². The first kappa shape index (κ1) is 17.1. The Balaban J connectivity index is 1.65. The van der Waals surface area contributed by atoms with Gasteiger partial charge in [0.25, 0.3) is 0 Å². The average Bonchev–Trinajstić information content (AvgIpc) is 3.28. The molecule has 2 fully saturated rings. The Labute approximate surface area is 144 Å². The predicted molar refractivity (Wildman–Crippen MR) is 94.4 cm³/mol. The number of hydrogen-bond donors (Lipinski definition) is 1. The van der Waals surface area contributed by atoms with Crippen LogP contribution in [0.4, 0.5) is 0 Å². The van der Waals surface area contributed by atoms with E-state index in [-0.39, 0.29) is 17.9 Å². The summed E-state index contributed by atoms with van der Waals surface area (Å²) >= 11 is 0. The molecule has 1 atom stereocenters. The fourth-order valence-corrected chi connectivity index (χ4v) is 3.84. The smallest absolute Gasteiger partial charge is 0.223 e. The van der Waals surface area contributed by atoms with Gasteiger partial charge >= 0.3 is 0 Å². The molecule has 2 aliphatic carbocycles. The van der Waals surface area contributed by atoms with Gasteiger partial charge in [-0.3, -0.25) is 4.79 Å². The Morgan fingerprint density at radius 1 is 1.08 bits per heavy atom. The van der Waals surface area contributed by atoms with E-state index in [1.165, 1.54) is 25.7 Å². The van der Waals surface area contributed by atoms with Crippen LogP contribution in [-0.4, -0.2) is 19.1 Å². The highest BCUT2D eigenvalue weighted by Gasteiger charge is 2.24. The highest BCUT2D eigenvalue weighted by molar-refractivity contribution is 5.79. The van der Waals surface area contributed by atoms with Gasteiger partial charge < -0.3 is 14.8 Å². The van der Waals surface area contributed by atoms with Crippen LogP contribution >= 0.6 is 0 Å². The number of methoxy groups -OCH3 is 1. The predicted octanol–water partition coefficient (Wildman–Crippen LogP) is 4.38. The monoisotopic (exact) mass is 331 g/mol. The summed E-state index contributed by atoms with van der Waals surface area (Å²) in [7, 11) is 1.67. The molecule has 0 bridgehead atoms. The first-order chi connectivity index (χ1) is 11.7. The quantitative estimate of drug-likeness (QED) is 0.841. The minimum absolute atomic E-state index is 0.0208. The maximum Gasteiger partial charge on any atom is 0.223 e. The molecular formula is C20H29NO3. The van der Waals surface area contributed by atoms with Gasteiger partial charge in [-0.1, -0.05) is 18.9 Å². The van der Waals surface area contributed by atoms with Gasteiger partial charge in [-0.05, 0) is 63.1 Å². The van der Waals surface area contributed by atoms with Crippen molar-refractivity contribution in [3.05, 3.63) is 23.8 Å². The highest BCUT2D eigenvalue weighted by atomic mass is 16.5. The fraction of sp³-hybridized carbons (Fsp3) is 0.650. The molecule has 0 spiro atoms. The summed E-state index contributed by atoms with van der Waals surface area (Å²) in [4.78, 5) is 12.3. The Morgan fingerprint density at radius 2 is 1.75 bits per heavy atom. The third-order valence-electron chi connectivity index (χ3n) is 5.37. The molecule has 132 valence electrons. The summed E-state index contributed by atoms with van der Waals surface area (Å²) in [6.45, 7) is 2.03. The molecule has 4 heteroatoms. The third-order valence-corrected chi connectivity index (χ3v) is 5.37. The second-order valence-corrected chi connectivity index (χ2v) is 7.15. The van der Waals surface area contributed by atoms with Gasteiger partial charge in [0.05, 0.1) is 19.3 Å². The van der Waals surface area contributed by atoms with E-state index in [2.05, 4.69) is 5.32 Å². The van der Waals surface area contributed by atoms with Crippen molar-refractivity contribution in [3.63, 3.8) is 0 Å². The fourth-order valence-electron chi connectivity index (χ4n) is 3.84. The lowest BCUT2D eigenvalue weighted by Gasteiger charge is -2.20. The van der Waals surface area contributed by atoms with Gasteiger partial charge in [0, 0.05) is 5.92 Å². The van der Waals surface area contributed by atoms with E-state index in [0.29, 0.717) is 6.10 Å². The lowest BCUT2D eigenvalue weighted by Crippen LogP contribution is -2.31. The van der Waals surface area contributed by atoms with Crippen molar-refractivity contribution in [2.75, 3.05) is 7.11 Å². The maximum atomic E-state index is 12.3. The molecule has 4 nitrogen and oxygen atoms in total. The standard InChI is InChI=1S/C20H29NO3/c1-14(21-20(22)15-7-3-4-8-15)16-11-12-18(19(13-16)23-2)24-17-9-5-6-10-17/h11-15,17H,3-10H2,1-2H3,(H,21,22)/t14-/m0/s1. The van der Waals surface area contributed by atoms with Gasteiger partial charge in [0.2, 0.25) is 5.91 Å². The lowest BCUT2D eigenvalue weighted by atomic mass is 10.0. The second-order valence-electron chi connectivity index (χ2n) is 7.15. The lowest BCUT2D eigenvalue weighted by molar-refractivity contribution is -0.125.